The van der Waals surface area contributed by atoms with Crippen LogP contribution in [0.4, 0.5) is 0 Å². The van der Waals surface area contributed by atoms with Gasteiger partial charge in [-0.05, 0) is 78.8 Å². The normalized spacial score (nSPS) is 12.1. The summed E-state index contributed by atoms with van der Waals surface area (Å²) in [5.74, 6) is 0. The summed E-state index contributed by atoms with van der Waals surface area (Å²) in [6.45, 7) is 0. The third kappa shape index (κ3) is 3.38. The molecule has 0 atom stereocenters. The Labute approximate surface area is 262 Å². The molecule has 0 bridgehead atoms. The third-order valence-corrected chi connectivity index (χ3v) is 11.6. The number of hydrogen-bond donors (Lipinski definition) is 0. The summed E-state index contributed by atoms with van der Waals surface area (Å²) < 4.78 is 5.45. The van der Waals surface area contributed by atoms with Crippen LogP contribution < -0.4 is 0 Å². The van der Waals surface area contributed by atoms with Crippen LogP contribution in [0.15, 0.2) is 146 Å². The second kappa shape index (κ2) is 9.24. The van der Waals surface area contributed by atoms with Crippen molar-refractivity contribution in [1.82, 2.24) is 0 Å². The first kappa shape index (κ1) is 24.4. The Balaban J connectivity index is 1.31. The first-order valence-corrected chi connectivity index (χ1v) is 16.7. The second-order valence-electron chi connectivity index (χ2n) is 11.6. The van der Waals surface area contributed by atoms with E-state index in [1.807, 2.05) is 22.7 Å². The maximum Gasteiger partial charge on any atom is 0.0448 e. The molecule has 2 aromatic heterocycles. The van der Waals surface area contributed by atoms with Crippen molar-refractivity contribution in [2.75, 3.05) is 0 Å². The summed E-state index contributed by atoms with van der Waals surface area (Å²) in [5.41, 5.74) is 5.15. The van der Waals surface area contributed by atoms with Gasteiger partial charge in [0.05, 0.1) is 0 Å². The van der Waals surface area contributed by atoms with E-state index in [1.165, 1.54) is 94.9 Å². The molecule has 0 fully saturated rings. The quantitative estimate of drug-likeness (QED) is 0.175. The highest BCUT2D eigenvalue weighted by Crippen LogP contribution is 2.48. The first-order valence-electron chi connectivity index (χ1n) is 15.0. The number of rotatable bonds is 2. The zero-order valence-corrected chi connectivity index (χ0v) is 25.3. The zero-order chi connectivity index (χ0) is 28.8. The molecule has 0 saturated heterocycles. The largest absolute Gasteiger partial charge is 0.135 e. The lowest BCUT2D eigenvalue weighted by Crippen LogP contribution is -1.90. The van der Waals surface area contributed by atoms with Gasteiger partial charge in [0.2, 0.25) is 0 Å². The van der Waals surface area contributed by atoms with E-state index in [0.29, 0.717) is 0 Å². The minimum Gasteiger partial charge on any atom is -0.135 e. The fourth-order valence-corrected chi connectivity index (χ4v) is 9.81. The minimum atomic E-state index is 1.26. The molecule has 0 aliphatic carbocycles. The number of thiophene rings is 2. The van der Waals surface area contributed by atoms with E-state index in [0.717, 1.165) is 0 Å². The Kier molecular flexibility index (Phi) is 5.13. The molecule has 0 nitrogen and oxygen atoms in total. The van der Waals surface area contributed by atoms with Crippen LogP contribution in [0, 0.1) is 0 Å². The lowest BCUT2D eigenvalue weighted by atomic mass is 9.86. The van der Waals surface area contributed by atoms with Gasteiger partial charge in [-0.25, -0.2) is 0 Å². The van der Waals surface area contributed by atoms with Crippen molar-refractivity contribution < 1.29 is 0 Å². The van der Waals surface area contributed by atoms with Crippen LogP contribution in [0.5, 0.6) is 0 Å². The van der Waals surface area contributed by atoms with Gasteiger partial charge in [-0.15, -0.1) is 22.7 Å². The van der Waals surface area contributed by atoms with E-state index < -0.39 is 0 Å². The zero-order valence-electron chi connectivity index (χ0n) is 23.7. The van der Waals surface area contributed by atoms with Crippen LogP contribution in [0.25, 0.3) is 94.9 Å². The van der Waals surface area contributed by atoms with Crippen molar-refractivity contribution in [2.45, 2.75) is 0 Å². The molecule has 0 unspecified atom stereocenters. The molecule has 0 aliphatic heterocycles. The highest BCUT2D eigenvalue weighted by molar-refractivity contribution is 7.29. The van der Waals surface area contributed by atoms with Gasteiger partial charge < -0.3 is 0 Å². The van der Waals surface area contributed by atoms with Crippen LogP contribution in [0.1, 0.15) is 0 Å². The summed E-state index contributed by atoms with van der Waals surface area (Å²) in [7, 11) is 0. The predicted octanol–water partition coefficient (Wildman–Crippen LogP) is 13.2. The highest BCUT2D eigenvalue weighted by atomic mass is 32.1. The standard InChI is InChI=1S/C42H24S2/c1-2-11-26(12-3-1)38-29-14-6-8-16-31(29)39(32-17-9-7-15-30(32)38)27-19-21-35-34(24-27)41-37(43-35)23-20-33-40-28-13-5-4-10-25(28)18-22-36(40)44-42(33)41/h1-24H. The molecular formula is C42H24S2. The van der Waals surface area contributed by atoms with Crippen molar-refractivity contribution in [2.24, 2.45) is 0 Å². The van der Waals surface area contributed by atoms with E-state index in [9.17, 15) is 0 Å². The van der Waals surface area contributed by atoms with Crippen molar-refractivity contribution in [1.29, 1.82) is 0 Å². The van der Waals surface area contributed by atoms with E-state index in [4.69, 9.17) is 0 Å². The monoisotopic (exact) mass is 592 g/mol. The Morgan fingerprint density at radius 2 is 0.886 bits per heavy atom. The van der Waals surface area contributed by atoms with Gasteiger partial charge in [-0.2, -0.15) is 0 Å². The van der Waals surface area contributed by atoms with Gasteiger partial charge in [0.25, 0.3) is 0 Å². The molecule has 0 aliphatic rings. The van der Waals surface area contributed by atoms with E-state index >= 15 is 0 Å². The Hall–Kier alpha value is -5.02. The Morgan fingerprint density at radius 3 is 1.61 bits per heavy atom. The average Bonchev–Trinajstić information content (AvgIpc) is 3.65. The maximum absolute atomic E-state index is 2.46. The average molecular weight is 593 g/mol. The van der Waals surface area contributed by atoms with Crippen LogP contribution in [0.3, 0.4) is 0 Å². The molecular weight excluding hydrogens is 569 g/mol. The van der Waals surface area contributed by atoms with Gasteiger partial charge in [0.1, 0.15) is 0 Å². The minimum absolute atomic E-state index is 1.26. The molecule has 0 spiro atoms. The maximum atomic E-state index is 2.46. The molecule has 2 heteroatoms. The van der Waals surface area contributed by atoms with Crippen LogP contribution in [0.2, 0.25) is 0 Å². The fraction of sp³-hybridized carbons (Fsp3) is 0. The number of fused-ring (bicyclic) bond motifs is 11. The number of benzene rings is 8. The van der Waals surface area contributed by atoms with Gasteiger partial charge in [-0.3, -0.25) is 0 Å². The topological polar surface area (TPSA) is 0 Å². The van der Waals surface area contributed by atoms with E-state index in [1.54, 1.807) is 0 Å². The van der Waals surface area contributed by atoms with E-state index in [-0.39, 0.29) is 0 Å². The third-order valence-electron chi connectivity index (χ3n) is 9.24. The Bertz CT molecular complexity index is 2700. The molecule has 44 heavy (non-hydrogen) atoms. The summed E-state index contributed by atoms with van der Waals surface area (Å²) in [4.78, 5) is 0. The molecule has 0 radical (unpaired) electrons. The fourth-order valence-electron chi connectivity index (χ4n) is 7.38. The first-order chi connectivity index (χ1) is 21.8. The summed E-state index contributed by atoms with van der Waals surface area (Å²) in [6, 6.07) is 53.9. The van der Waals surface area contributed by atoms with Crippen molar-refractivity contribution >= 4 is 95.3 Å². The Morgan fingerprint density at radius 1 is 0.318 bits per heavy atom. The second-order valence-corrected chi connectivity index (χ2v) is 13.7. The predicted molar refractivity (Wildman–Crippen MR) is 196 cm³/mol. The summed E-state index contributed by atoms with van der Waals surface area (Å²) in [5, 5.41) is 13.3. The SMILES string of the molecule is c1ccc(-c2c3ccccc3c(-c3ccc4sc5ccc6c(sc7ccc8ccccc8c76)c5c4c3)c3ccccc23)cc1. The van der Waals surface area contributed by atoms with Crippen molar-refractivity contribution in [3.63, 3.8) is 0 Å². The van der Waals surface area contributed by atoms with Gasteiger partial charge in [0, 0.05) is 40.3 Å². The number of hydrogen-bond acceptors (Lipinski definition) is 2. The molecule has 0 N–H and O–H groups in total. The van der Waals surface area contributed by atoms with Gasteiger partial charge in [0.15, 0.2) is 0 Å². The molecule has 10 aromatic rings. The molecule has 8 aromatic carbocycles. The van der Waals surface area contributed by atoms with Crippen LogP contribution >= 0.6 is 22.7 Å². The molecule has 204 valence electrons. The van der Waals surface area contributed by atoms with Crippen molar-refractivity contribution in [3.8, 4) is 22.3 Å². The highest BCUT2D eigenvalue weighted by Gasteiger charge is 2.19. The molecule has 10 rings (SSSR count). The van der Waals surface area contributed by atoms with Crippen molar-refractivity contribution in [3.05, 3.63) is 146 Å². The van der Waals surface area contributed by atoms with E-state index in [2.05, 4.69) is 146 Å². The van der Waals surface area contributed by atoms with Gasteiger partial charge in [-0.1, -0.05) is 121 Å². The lowest BCUT2D eigenvalue weighted by molar-refractivity contribution is 1.66. The smallest absolute Gasteiger partial charge is 0.0448 e. The lowest BCUT2D eigenvalue weighted by Gasteiger charge is -2.17. The summed E-state index contributed by atoms with van der Waals surface area (Å²) >= 11 is 3.85. The summed E-state index contributed by atoms with van der Waals surface area (Å²) in [6.07, 6.45) is 0. The molecule has 0 saturated carbocycles. The van der Waals surface area contributed by atoms with Gasteiger partial charge >= 0.3 is 0 Å². The van der Waals surface area contributed by atoms with Crippen LogP contribution in [-0.2, 0) is 0 Å². The van der Waals surface area contributed by atoms with Crippen LogP contribution in [-0.4, -0.2) is 0 Å². The molecule has 0 amide bonds. The molecule has 2 heterocycles.